The Morgan fingerprint density at radius 2 is 1.33 bits per heavy atom. The van der Waals surface area contributed by atoms with Gasteiger partial charge in [-0.25, -0.2) is 4.98 Å². The molecule has 0 saturated heterocycles. The largest absolute Gasteiger partial charge is 0.509 e. The van der Waals surface area contributed by atoms with Crippen molar-refractivity contribution in [2.45, 2.75) is 46.0 Å². The van der Waals surface area contributed by atoms with E-state index in [1.54, 1.807) is 29.8 Å². The van der Waals surface area contributed by atoms with Crippen molar-refractivity contribution in [3.63, 3.8) is 0 Å². The number of fused-ring (bicyclic) bond motifs is 4. The monoisotopic (exact) mass is 982 g/mol. The maximum absolute atomic E-state index is 9.06. The molecule has 1 aliphatic rings. The van der Waals surface area contributed by atoms with E-state index in [0.29, 0.717) is 28.6 Å². The summed E-state index contributed by atoms with van der Waals surface area (Å²) < 4.78 is 96.2. The van der Waals surface area contributed by atoms with Gasteiger partial charge < -0.3 is 19.1 Å². The second-order valence-electron chi connectivity index (χ2n) is 16.1. The topological polar surface area (TPSA) is 33.5 Å². The van der Waals surface area contributed by atoms with Crippen LogP contribution in [0.2, 0.25) is 0 Å². The molecule has 0 fully saturated rings. The smallest absolute Gasteiger partial charge is 0.135 e. The summed E-state index contributed by atoms with van der Waals surface area (Å²) in [7, 11) is 0. The normalized spacial score (nSPS) is 14.9. The maximum Gasteiger partial charge on any atom is 0.135 e. The number of rotatable bonds is 8. The van der Waals surface area contributed by atoms with Crippen molar-refractivity contribution in [1.29, 1.82) is 0 Å². The van der Waals surface area contributed by atoms with E-state index in [1.807, 2.05) is 77.8 Å². The van der Waals surface area contributed by atoms with E-state index < -0.39 is 60.4 Å². The first-order chi connectivity index (χ1) is 33.3. The van der Waals surface area contributed by atoms with Crippen LogP contribution in [0.3, 0.4) is 0 Å². The molecule has 6 heteroatoms. The zero-order valence-electron chi connectivity index (χ0n) is 44.1. The molecule has 0 bridgehead atoms. The Balaban J connectivity index is 0.00000624. The second kappa shape index (κ2) is 16.2. The van der Waals surface area contributed by atoms with Crippen LogP contribution >= 0.6 is 0 Å². The van der Waals surface area contributed by atoms with Crippen molar-refractivity contribution in [1.82, 2.24) is 9.55 Å². The van der Waals surface area contributed by atoms with E-state index in [9.17, 15) is 0 Å². The first-order valence-electron chi connectivity index (χ1n) is 24.8. The molecule has 0 radical (unpaired) electrons. The molecule has 7 aromatic carbocycles. The third kappa shape index (κ3) is 7.42. The molecule has 304 valence electrons. The number of benzene rings is 7. The summed E-state index contributed by atoms with van der Waals surface area (Å²) >= 11 is 0. The average molecular weight is 983 g/mol. The molecule has 0 saturated carbocycles. The number of hydrogen-bond acceptors (Lipinski definition) is 4. The van der Waals surface area contributed by atoms with Crippen LogP contribution in [0.15, 0.2) is 170 Å². The molecule has 0 aliphatic carbocycles. The molecule has 3 heterocycles. The van der Waals surface area contributed by atoms with Crippen LogP contribution in [0, 0.1) is 18.8 Å². The van der Waals surface area contributed by atoms with Crippen LogP contribution in [-0.4, -0.2) is 9.55 Å². The van der Waals surface area contributed by atoms with Crippen LogP contribution in [0.25, 0.3) is 49.9 Å². The minimum absolute atomic E-state index is 0. The summed E-state index contributed by atoms with van der Waals surface area (Å²) in [6, 6.07) is 34.5. The summed E-state index contributed by atoms with van der Waals surface area (Å²) in [5.74, 6) is 1.67. The van der Waals surface area contributed by atoms with E-state index in [2.05, 4.69) is 69.5 Å². The van der Waals surface area contributed by atoms with Gasteiger partial charge in [0.1, 0.15) is 5.82 Å². The molecule has 0 amide bonds. The van der Waals surface area contributed by atoms with Gasteiger partial charge in [-0.3, -0.25) is 0 Å². The quantitative estimate of drug-likeness (QED) is 0.142. The summed E-state index contributed by atoms with van der Waals surface area (Å²) in [5.41, 5.74) is 5.97. The van der Waals surface area contributed by atoms with E-state index in [4.69, 9.17) is 23.4 Å². The summed E-state index contributed by atoms with van der Waals surface area (Å²) in [6.45, 7) is 12.4. The van der Waals surface area contributed by atoms with Gasteiger partial charge in [0.15, 0.2) is 0 Å². The predicted molar refractivity (Wildman–Crippen MR) is 248 cm³/mol. The van der Waals surface area contributed by atoms with Gasteiger partial charge >= 0.3 is 0 Å². The molecular formula is C55H45N4OPt-3. The van der Waals surface area contributed by atoms with Gasteiger partial charge in [-0.1, -0.05) is 149 Å². The zero-order valence-corrected chi connectivity index (χ0v) is 36.3. The number of pyridine rings is 1. The third-order valence-electron chi connectivity index (χ3n) is 10.8. The standard InChI is InChI=1S/C55H45N4O.Pt/c1-37(2)40-31-42(34-44(32-40)60-43-27-28-48-47-21-12-13-24-49(47)59(52(48)35-43)53-33-41(29-30-56-53)55(3,4)5)57-36-58(51-26-15-14-25-50(51)57)54-45(38-17-8-6-9-18-38)22-16-23-46(54)39-19-10-7-11-20-39;/h6-33,36-37H,1-5H3;/q-3;/i6D,7D,8D,9D,10D,11D,17D,18D,19D,20D;. The number of ether oxygens (including phenoxy) is 1. The Bertz CT molecular complexity index is 3480. The molecule has 0 atom stereocenters. The van der Waals surface area contributed by atoms with Crippen LogP contribution in [0.4, 0.5) is 22.7 Å². The van der Waals surface area contributed by atoms with E-state index in [-0.39, 0.29) is 60.3 Å². The molecule has 0 N–H and O–H groups in total. The van der Waals surface area contributed by atoms with Crippen molar-refractivity contribution in [3.05, 3.63) is 200 Å². The third-order valence-corrected chi connectivity index (χ3v) is 10.8. The molecular weight excluding hydrogens is 928 g/mol. The Kier molecular flexibility index (Phi) is 7.91. The molecule has 1 aliphatic heterocycles. The molecule has 9 aromatic rings. The Morgan fingerprint density at radius 1 is 0.672 bits per heavy atom. The second-order valence-corrected chi connectivity index (χ2v) is 16.1. The molecule has 5 nitrogen and oxygen atoms in total. The van der Waals surface area contributed by atoms with Gasteiger partial charge in [0.25, 0.3) is 0 Å². The van der Waals surface area contributed by atoms with Gasteiger partial charge in [-0.15, -0.1) is 53.6 Å². The van der Waals surface area contributed by atoms with Crippen LogP contribution in [-0.2, 0) is 26.5 Å². The van der Waals surface area contributed by atoms with Crippen LogP contribution in [0.1, 0.15) is 65.4 Å². The van der Waals surface area contributed by atoms with E-state index >= 15 is 0 Å². The SMILES string of the molecule is [2H]c1c([2H])c([2H])c(-c2cccc(-c3c([2H])c([2H])c([2H])c([2H])c3[2H])c2N2[CH-]N(c3[c-]c(Oc4[c-]c5c(cc4)c4ccccc4n5-c4cc(C(C)(C)C)ccn4)cc(C(C)C)c3)c3ccccc32)c([2H])c1[2H].[Pt]. The molecule has 2 aromatic heterocycles. The number of para-hydroxylation sites is 4. The summed E-state index contributed by atoms with van der Waals surface area (Å²) in [6.07, 6.45) is 1.84. The molecule has 10 rings (SSSR count). The first-order valence-corrected chi connectivity index (χ1v) is 19.8. The number of hydrogen-bond donors (Lipinski definition) is 0. The Hall–Kier alpha value is -6.42. The van der Waals surface area contributed by atoms with Crippen molar-refractivity contribution in [2.24, 2.45) is 0 Å². The average Bonchev–Trinajstić information content (AvgIpc) is 3.89. The minimum Gasteiger partial charge on any atom is -0.509 e. The van der Waals surface area contributed by atoms with Gasteiger partial charge in [0.2, 0.25) is 0 Å². The first kappa shape index (κ1) is 29.7. The summed E-state index contributed by atoms with van der Waals surface area (Å²) in [5, 5.41) is 2.04. The minimum atomic E-state index is -0.562. The van der Waals surface area contributed by atoms with Gasteiger partial charge in [-0.2, -0.15) is 6.07 Å². The van der Waals surface area contributed by atoms with Crippen LogP contribution < -0.4 is 14.5 Å². The Labute approximate surface area is 387 Å². The van der Waals surface area contributed by atoms with Crippen LogP contribution in [0.5, 0.6) is 11.5 Å². The fraction of sp³-hybridized carbons (Fsp3) is 0.127. The van der Waals surface area contributed by atoms with Gasteiger partial charge in [-0.05, 0) is 63.7 Å². The molecule has 0 spiro atoms. The van der Waals surface area contributed by atoms with Gasteiger partial charge in [0, 0.05) is 72.5 Å². The molecule has 0 unspecified atom stereocenters. The van der Waals surface area contributed by atoms with Crippen molar-refractivity contribution >= 4 is 44.6 Å². The zero-order chi connectivity index (χ0) is 49.7. The number of anilines is 4. The molecule has 61 heavy (non-hydrogen) atoms. The Morgan fingerprint density at radius 3 is 2.00 bits per heavy atom. The fourth-order valence-electron chi connectivity index (χ4n) is 7.82. The number of aromatic nitrogens is 2. The van der Waals surface area contributed by atoms with Crippen molar-refractivity contribution in [2.75, 3.05) is 9.80 Å². The van der Waals surface area contributed by atoms with E-state index in [1.165, 1.54) is 0 Å². The summed E-state index contributed by atoms with van der Waals surface area (Å²) in [4.78, 5) is 8.49. The van der Waals surface area contributed by atoms with Crippen molar-refractivity contribution in [3.8, 4) is 39.6 Å². The predicted octanol–water partition coefficient (Wildman–Crippen LogP) is 14.7. The number of nitrogens with zero attached hydrogens (tertiary/aromatic N) is 4. The van der Waals surface area contributed by atoms with Crippen molar-refractivity contribution < 1.29 is 39.5 Å². The fourth-order valence-corrected chi connectivity index (χ4v) is 7.82. The van der Waals surface area contributed by atoms with Gasteiger partial charge in [0.05, 0.1) is 13.7 Å². The van der Waals surface area contributed by atoms with E-state index in [0.717, 1.165) is 38.8 Å². The maximum atomic E-state index is 9.06.